The third-order valence-corrected chi connectivity index (χ3v) is 7.18. The maximum Gasteiger partial charge on any atom is 0.243 e. The predicted molar refractivity (Wildman–Crippen MR) is 128 cm³/mol. The number of halogens is 1. The third kappa shape index (κ3) is 7.18. The van der Waals surface area contributed by atoms with E-state index < -0.39 is 28.5 Å². The first-order valence-electron chi connectivity index (χ1n) is 10.5. The molecule has 2 aromatic rings. The fourth-order valence-corrected chi connectivity index (χ4v) is 4.31. The number of sulfonamides is 1. The van der Waals surface area contributed by atoms with Crippen molar-refractivity contribution in [3.8, 4) is 5.75 Å². The third-order valence-electron chi connectivity index (χ3n) is 5.11. The van der Waals surface area contributed by atoms with E-state index in [1.54, 1.807) is 38.3 Å². The molecule has 8 nitrogen and oxygen atoms in total. The van der Waals surface area contributed by atoms with Crippen molar-refractivity contribution in [2.75, 3.05) is 27.2 Å². The Balaban J connectivity index is 2.25. The Morgan fingerprint density at radius 2 is 1.70 bits per heavy atom. The molecule has 10 heteroatoms. The summed E-state index contributed by atoms with van der Waals surface area (Å²) in [5.41, 5.74) is 0.780. The van der Waals surface area contributed by atoms with Gasteiger partial charge in [0.1, 0.15) is 11.8 Å². The number of hydrogen-bond acceptors (Lipinski definition) is 5. The molecular formula is C23H30ClN3O5S. The normalized spacial score (nSPS) is 12.3. The van der Waals surface area contributed by atoms with Crippen LogP contribution in [-0.2, 0) is 26.2 Å². The van der Waals surface area contributed by atoms with Crippen molar-refractivity contribution in [1.29, 1.82) is 0 Å². The number of ether oxygens (including phenoxy) is 1. The van der Waals surface area contributed by atoms with Crippen molar-refractivity contribution in [2.45, 2.75) is 37.8 Å². The van der Waals surface area contributed by atoms with Crippen LogP contribution in [0.2, 0.25) is 5.02 Å². The zero-order valence-electron chi connectivity index (χ0n) is 19.2. The van der Waals surface area contributed by atoms with Crippen LogP contribution in [0.25, 0.3) is 0 Å². The van der Waals surface area contributed by atoms with E-state index in [0.717, 1.165) is 16.3 Å². The van der Waals surface area contributed by atoms with Crippen LogP contribution in [0.3, 0.4) is 0 Å². The first-order valence-corrected chi connectivity index (χ1v) is 12.3. The standard InChI is InChI=1S/C23H30ClN3O5S/c1-5-14-25-23(29)17(2)27(15-18-6-10-20(32-4)11-7-18)22(28)16-26(3)33(30,31)21-12-8-19(24)9-13-21/h6-13,17H,5,14-16H2,1-4H3,(H,25,29)/t17-/m0/s1. The summed E-state index contributed by atoms with van der Waals surface area (Å²) in [4.78, 5) is 27.2. The molecule has 0 saturated heterocycles. The quantitative estimate of drug-likeness (QED) is 0.517. The molecule has 0 unspecified atom stereocenters. The van der Waals surface area contributed by atoms with E-state index in [9.17, 15) is 18.0 Å². The molecule has 0 heterocycles. The van der Waals surface area contributed by atoms with Gasteiger partial charge in [0.05, 0.1) is 18.6 Å². The van der Waals surface area contributed by atoms with Gasteiger partial charge in [-0.15, -0.1) is 0 Å². The van der Waals surface area contributed by atoms with Crippen LogP contribution in [0.1, 0.15) is 25.8 Å². The van der Waals surface area contributed by atoms with Gasteiger partial charge in [-0.05, 0) is 55.3 Å². The molecule has 0 fully saturated rings. The average Bonchev–Trinajstić information content (AvgIpc) is 2.81. The molecule has 1 atom stereocenters. The van der Waals surface area contributed by atoms with E-state index in [0.29, 0.717) is 17.3 Å². The van der Waals surface area contributed by atoms with Gasteiger partial charge < -0.3 is 15.0 Å². The Labute approximate surface area is 200 Å². The second-order valence-electron chi connectivity index (χ2n) is 7.55. The predicted octanol–water partition coefficient (Wildman–Crippen LogP) is 2.91. The number of nitrogens with one attached hydrogen (secondary N) is 1. The second kappa shape index (κ2) is 12.0. The van der Waals surface area contributed by atoms with Crippen molar-refractivity contribution < 1.29 is 22.7 Å². The Kier molecular flexibility index (Phi) is 9.70. The Bertz CT molecular complexity index is 1040. The molecule has 0 saturated carbocycles. The van der Waals surface area contributed by atoms with E-state index in [2.05, 4.69) is 5.32 Å². The molecule has 2 rings (SSSR count). The molecule has 2 aromatic carbocycles. The fourth-order valence-electron chi connectivity index (χ4n) is 3.06. The lowest BCUT2D eigenvalue weighted by Crippen LogP contribution is -2.50. The monoisotopic (exact) mass is 495 g/mol. The summed E-state index contributed by atoms with van der Waals surface area (Å²) in [6.45, 7) is 3.76. The number of rotatable bonds is 11. The van der Waals surface area contributed by atoms with E-state index in [1.165, 1.54) is 36.2 Å². The van der Waals surface area contributed by atoms with Gasteiger partial charge in [0.15, 0.2) is 0 Å². The van der Waals surface area contributed by atoms with Crippen LogP contribution >= 0.6 is 11.6 Å². The van der Waals surface area contributed by atoms with Crippen LogP contribution in [0, 0.1) is 0 Å². The van der Waals surface area contributed by atoms with Gasteiger partial charge >= 0.3 is 0 Å². The molecule has 2 amide bonds. The molecule has 180 valence electrons. The van der Waals surface area contributed by atoms with Crippen LogP contribution in [0.4, 0.5) is 0 Å². The maximum atomic E-state index is 13.2. The molecule has 0 bridgehead atoms. The summed E-state index contributed by atoms with van der Waals surface area (Å²) >= 11 is 5.85. The van der Waals surface area contributed by atoms with Crippen molar-refractivity contribution >= 4 is 33.4 Å². The average molecular weight is 496 g/mol. The number of nitrogens with zero attached hydrogens (tertiary/aromatic N) is 2. The van der Waals surface area contributed by atoms with Gasteiger partial charge in [-0.2, -0.15) is 4.31 Å². The largest absolute Gasteiger partial charge is 0.497 e. The molecular weight excluding hydrogens is 466 g/mol. The van der Waals surface area contributed by atoms with Crippen LogP contribution in [0.15, 0.2) is 53.4 Å². The number of benzene rings is 2. The lowest BCUT2D eigenvalue weighted by Gasteiger charge is -2.30. The van der Waals surface area contributed by atoms with Crippen molar-refractivity contribution in [2.24, 2.45) is 0 Å². The SMILES string of the molecule is CCCNC(=O)[C@H](C)N(Cc1ccc(OC)cc1)C(=O)CN(C)S(=O)(=O)c1ccc(Cl)cc1. The van der Waals surface area contributed by atoms with Gasteiger partial charge in [0, 0.05) is 25.2 Å². The van der Waals surface area contributed by atoms with E-state index >= 15 is 0 Å². The summed E-state index contributed by atoms with van der Waals surface area (Å²) < 4.78 is 31.9. The molecule has 0 aliphatic rings. The molecule has 0 aliphatic heterocycles. The van der Waals surface area contributed by atoms with Crippen molar-refractivity contribution in [3.63, 3.8) is 0 Å². The zero-order chi connectivity index (χ0) is 24.6. The number of carbonyl (C=O) groups excluding carboxylic acids is 2. The zero-order valence-corrected chi connectivity index (χ0v) is 20.8. The van der Waals surface area contributed by atoms with Crippen LogP contribution in [-0.4, -0.2) is 62.7 Å². The van der Waals surface area contributed by atoms with Crippen LogP contribution < -0.4 is 10.1 Å². The van der Waals surface area contributed by atoms with Gasteiger partial charge in [-0.25, -0.2) is 8.42 Å². The first-order chi connectivity index (χ1) is 15.6. The maximum absolute atomic E-state index is 13.2. The minimum atomic E-state index is -3.92. The number of methoxy groups -OCH3 is 1. The smallest absolute Gasteiger partial charge is 0.243 e. The number of amides is 2. The van der Waals surface area contributed by atoms with Gasteiger partial charge in [0.2, 0.25) is 21.8 Å². The summed E-state index contributed by atoms with van der Waals surface area (Å²) in [6.07, 6.45) is 0.757. The van der Waals surface area contributed by atoms with Crippen molar-refractivity contribution in [3.05, 3.63) is 59.1 Å². The Morgan fingerprint density at radius 3 is 2.24 bits per heavy atom. The van der Waals surface area contributed by atoms with Gasteiger partial charge in [0.25, 0.3) is 0 Å². The van der Waals surface area contributed by atoms with Gasteiger partial charge in [-0.1, -0.05) is 30.7 Å². The summed E-state index contributed by atoms with van der Waals surface area (Å²) in [7, 11) is -1.03. The number of carbonyl (C=O) groups is 2. The summed E-state index contributed by atoms with van der Waals surface area (Å²) in [5.74, 6) is -0.133. The fraction of sp³-hybridized carbons (Fsp3) is 0.391. The molecule has 0 radical (unpaired) electrons. The second-order valence-corrected chi connectivity index (χ2v) is 10.0. The number of likely N-dealkylation sites (N-methyl/N-ethyl adjacent to an activating group) is 1. The molecule has 1 N–H and O–H groups in total. The Hall–Kier alpha value is -2.62. The van der Waals surface area contributed by atoms with E-state index in [4.69, 9.17) is 16.3 Å². The highest BCUT2D eigenvalue weighted by Crippen LogP contribution is 2.19. The minimum absolute atomic E-state index is 0.0256. The molecule has 0 aromatic heterocycles. The first kappa shape index (κ1) is 26.6. The summed E-state index contributed by atoms with van der Waals surface area (Å²) in [6, 6.07) is 12.0. The highest BCUT2D eigenvalue weighted by atomic mass is 35.5. The van der Waals surface area contributed by atoms with Crippen molar-refractivity contribution in [1.82, 2.24) is 14.5 Å². The van der Waals surface area contributed by atoms with E-state index in [-0.39, 0.29) is 17.3 Å². The molecule has 0 aliphatic carbocycles. The number of hydrogen-bond donors (Lipinski definition) is 1. The topological polar surface area (TPSA) is 96.0 Å². The lowest BCUT2D eigenvalue weighted by atomic mass is 10.1. The Morgan fingerprint density at radius 1 is 1.09 bits per heavy atom. The molecule has 33 heavy (non-hydrogen) atoms. The summed E-state index contributed by atoms with van der Waals surface area (Å²) in [5, 5.41) is 3.20. The van der Waals surface area contributed by atoms with E-state index in [1.807, 2.05) is 6.92 Å². The highest BCUT2D eigenvalue weighted by Gasteiger charge is 2.30. The molecule has 0 spiro atoms. The lowest BCUT2D eigenvalue weighted by molar-refractivity contribution is -0.140. The van der Waals surface area contributed by atoms with Crippen LogP contribution in [0.5, 0.6) is 5.75 Å². The highest BCUT2D eigenvalue weighted by molar-refractivity contribution is 7.89. The minimum Gasteiger partial charge on any atom is -0.497 e. The van der Waals surface area contributed by atoms with Gasteiger partial charge in [-0.3, -0.25) is 9.59 Å².